The number of hydrogen-bond acceptors (Lipinski definition) is 6. The first-order chi connectivity index (χ1) is 16.9. The van der Waals surface area contributed by atoms with E-state index < -0.39 is 38.1 Å². The van der Waals surface area contributed by atoms with Crippen LogP contribution in [0, 0.1) is 5.82 Å². The highest BCUT2D eigenvalue weighted by Crippen LogP contribution is 2.39. The van der Waals surface area contributed by atoms with Gasteiger partial charge in [0, 0.05) is 11.7 Å². The van der Waals surface area contributed by atoms with Crippen molar-refractivity contribution in [3.05, 3.63) is 48.3 Å². The fourth-order valence-electron chi connectivity index (χ4n) is 4.69. The zero-order valence-electron chi connectivity index (χ0n) is 19.6. The molecule has 2 aromatic rings. The average molecular weight is 542 g/mol. The maximum absolute atomic E-state index is 13.6. The first kappa shape index (κ1) is 26.2. The summed E-state index contributed by atoms with van der Waals surface area (Å²) in [5, 5.41) is 11.3. The Balaban J connectivity index is 1.72. The fraction of sp³-hybridized carbons (Fsp3) is 0.435. The van der Waals surface area contributed by atoms with Crippen LogP contribution in [0.4, 0.5) is 20.6 Å². The minimum atomic E-state index is -4.22. The minimum Gasteiger partial charge on any atom is -0.485 e. The predicted molar refractivity (Wildman–Crippen MR) is 132 cm³/mol. The van der Waals surface area contributed by atoms with E-state index in [2.05, 4.69) is 5.32 Å². The number of sulfonamides is 2. The Morgan fingerprint density at radius 1 is 1.11 bits per heavy atom. The van der Waals surface area contributed by atoms with E-state index in [9.17, 15) is 26.0 Å². The van der Waals surface area contributed by atoms with Gasteiger partial charge in [-0.25, -0.2) is 26.0 Å². The minimum absolute atomic E-state index is 0.0481. The SMILES string of the molecule is CS(=O)(=O)N(CC1CN(S(=O)(=O)c2ccc(F)cc2)c2cc(NC(=O)O)ccc2O1)C1CCCCC1. The van der Waals surface area contributed by atoms with Crippen molar-refractivity contribution < 1.29 is 35.9 Å². The van der Waals surface area contributed by atoms with Crippen LogP contribution in [-0.2, 0) is 20.0 Å². The normalized spacial score (nSPS) is 19.0. The number of carbonyl (C=O) groups is 1. The second-order valence-corrected chi connectivity index (χ2v) is 12.8. The van der Waals surface area contributed by atoms with Crippen molar-refractivity contribution in [1.29, 1.82) is 0 Å². The van der Waals surface area contributed by atoms with Crippen molar-refractivity contribution in [3.63, 3.8) is 0 Å². The summed E-state index contributed by atoms with van der Waals surface area (Å²) in [5.74, 6) is -0.441. The number of rotatable bonds is 7. The molecule has 36 heavy (non-hydrogen) atoms. The Morgan fingerprint density at radius 3 is 2.39 bits per heavy atom. The van der Waals surface area contributed by atoms with Gasteiger partial charge >= 0.3 is 6.09 Å². The number of fused-ring (bicyclic) bond motifs is 1. The van der Waals surface area contributed by atoms with Crippen molar-refractivity contribution in [3.8, 4) is 5.75 Å². The van der Waals surface area contributed by atoms with Crippen LogP contribution in [0.3, 0.4) is 0 Å². The second-order valence-electron chi connectivity index (χ2n) is 8.97. The lowest BCUT2D eigenvalue weighted by molar-refractivity contribution is 0.141. The highest BCUT2D eigenvalue weighted by molar-refractivity contribution is 7.92. The number of halogens is 1. The van der Waals surface area contributed by atoms with Crippen molar-refractivity contribution in [2.45, 2.75) is 49.1 Å². The topological polar surface area (TPSA) is 133 Å². The zero-order chi connectivity index (χ0) is 26.1. The lowest BCUT2D eigenvalue weighted by Gasteiger charge is -2.39. The van der Waals surface area contributed by atoms with E-state index in [1.807, 2.05) is 0 Å². The molecule has 2 aliphatic rings. The quantitative estimate of drug-likeness (QED) is 0.548. The average Bonchev–Trinajstić information content (AvgIpc) is 2.82. The van der Waals surface area contributed by atoms with Crippen LogP contribution < -0.4 is 14.4 Å². The van der Waals surface area contributed by atoms with E-state index in [1.54, 1.807) is 0 Å². The third-order valence-corrected chi connectivity index (χ3v) is 9.43. The van der Waals surface area contributed by atoms with Crippen molar-refractivity contribution in [1.82, 2.24) is 4.31 Å². The molecule has 10 nitrogen and oxygen atoms in total. The summed E-state index contributed by atoms with van der Waals surface area (Å²) in [6, 6.07) is 8.33. The molecule has 2 N–H and O–H groups in total. The molecule has 0 radical (unpaired) electrons. The Kier molecular flexibility index (Phi) is 7.43. The van der Waals surface area contributed by atoms with Crippen molar-refractivity contribution in [2.75, 3.05) is 29.0 Å². The zero-order valence-corrected chi connectivity index (χ0v) is 21.3. The van der Waals surface area contributed by atoms with Gasteiger partial charge < -0.3 is 9.84 Å². The second kappa shape index (κ2) is 10.2. The van der Waals surface area contributed by atoms with Crippen LogP contribution in [0.15, 0.2) is 47.4 Å². The number of anilines is 2. The van der Waals surface area contributed by atoms with Gasteiger partial charge in [-0.15, -0.1) is 0 Å². The van der Waals surface area contributed by atoms with Crippen LogP contribution in [0.1, 0.15) is 32.1 Å². The molecule has 2 aromatic carbocycles. The van der Waals surface area contributed by atoms with Gasteiger partial charge in [-0.1, -0.05) is 19.3 Å². The maximum Gasteiger partial charge on any atom is 0.409 e. The summed E-state index contributed by atoms with van der Waals surface area (Å²) in [5.41, 5.74) is 0.216. The van der Waals surface area contributed by atoms with Crippen LogP contribution in [-0.4, -0.2) is 63.8 Å². The van der Waals surface area contributed by atoms with Gasteiger partial charge in [0.2, 0.25) is 10.0 Å². The lowest BCUT2D eigenvalue weighted by atomic mass is 9.95. The molecule has 1 aliphatic carbocycles. The molecule has 1 unspecified atom stereocenters. The highest BCUT2D eigenvalue weighted by atomic mass is 32.2. The number of ether oxygens (including phenoxy) is 1. The Morgan fingerprint density at radius 2 is 1.78 bits per heavy atom. The molecular formula is C23H28FN3O7S2. The van der Waals surface area contributed by atoms with E-state index in [0.29, 0.717) is 0 Å². The highest BCUT2D eigenvalue weighted by Gasteiger charge is 2.38. The molecule has 1 aliphatic heterocycles. The molecular weight excluding hydrogens is 513 g/mol. The summed E-state index contributed by atoms with van der Waals surface area (Å²) in [7, 11) is -7.83. The first-order valence-electron chi connectivity index (χ1n) is 11.5. The Labute approximate surface area is 209 Å². The van der Waals surface area contributed by atoms with Crippen molar-refractivity contribution >= 4 is 37.5 Å². The smallest absolute Gasteiger partial charge is 0.409 e. The molecule has 4 rings (SSSR count). The molecule has 1 fully saturated rings. The molecule has 13 heteroatoms. The summed E-state index contributed by atoms with van der Waals surface area (Å²) < 4.78 is 74.5. The van der Waals surface area contributed by atoms with E-state index in [-0.39, 0.29) is 41.2 Å². The molecule has 0 spiro atoms. The molecule has 1 amide bonds. The van der Waals surface area contributed by atoms with Gasteiger partial charge in [0.05, 0.1) is 29.9 Å². The number of nitrogens with one attached hydrogen (secondary N) is 1. The third-order valence-electron chi connectivity index (χ3n) is 6.34. The Hall–Kier alpha value is -2.90. The van der Waals surface area contributed by atoms with Gasteiger partial charge in [-0.3, -0.25) is 9.62 Å². The number of benzene rings is 2. The standard InChI is InChI=1S/C23H28FN3O7S2/c1-35(30,31)26(18-5-3-2-4-6-18)14-19-15-27(36(32,33)20-10-7-16(24)8-11-20)21-13-17(25-23(28)29)9-12-22(21)34-19/h7-13,18-19,25H,2-6,14-15H2,1H3,(H,28,29). The fourth-order valence-corrected chi connectivity index (χ4v) is 7.38. The third kappa shape index (κ3) is 5.73. The molecule has 0 saturated heterocycles. The summed E-state index contributed by atoms with van der Waals surface area (Å²) in [6.07, 6.45) is 3.28. The number of amides is 1. The number of carboxylic acid groups (broad SMARTS) is 1. The monoisotopic (exact) mass is 541 g/mol. The van der Waals surface area contributed by atoms with E-state index in [1.165, 1.54) is 22.5 Å². The van der Waals surface area contributed by atoms with E-state index in [4.69, 9.17) is 9.84 Å². The molecule has 1 heterocycles. The largest absolute Gasteiger partial charge is 0.485 e. The van der Waals surface area contributed by atoms with Crippen LogP contribution >= 0.6 is 0 Å². The number of hydrogen-bond donors (Lipinski definition) is 2. The molecule has 196 valence electrons. The van der Waals surface area contributed by atoms with Gasteiger partial charge in [-0.05, 0) is 55.3 Å². The summed E-state index contributed by atoms with van der Waals surface area (Å²) in [4.78, 5) is 10.9. The van der Waals surface area contributed by atoms with Crippen molar-refractivity contribution in [2.24, 2.45) is 0 Å². The number of nitrogens with zero attached hydrogens (tertiary/aromatic N) is 2. The molecule has 0 bridgehead atoms. The van der Waals surface area contributed by atoms with Crippen LogP contribution in [0.25, 0.3) is 0 Å². The maximum atomic E-state index is 13.6. The van der Waals surface area contributed by atoms with Gasteiger partial charge in [0.25, 0.3) is 10.0 Å². The molecule has 1 saturated carbocycles. The van der Waals surface area contributed by atoms with Crippen LogP contribution in [0.5, 0.6) is 5.75 Å². The summed E-state index contributed by atoms with van der Waals surface area (Å²) in [6.45, 7) is -0.268. The van der Waals surface area contributed by atoms with Crippen LogP contribution in [0.2, 0.25) is 0 Å². The Bertz CT molecular complexity index is 1330. The first-order valence-corrected chi connectivity index (χ1v) is 14.8. The molecule has 1 atom stereocenters. The molecule has 0 aromatic heterocycles. The van der Waals surface area contributed by atoms with Gasteiger partial charge in [0.15, 0.2) is 0 Å². The van der Waals surface area contributed by atoms with Gasteiger partial charge in [-0.2, -0.15) is 4.31 Å². The van der Waals surface area contributed by atoms with Gasteiger partial charge in [0.1, 0.15) is 17.7 Å². The van der Waals surface area contributed by atoms with E-state index >= 15 is 0 Å². The lowest BCUT2D eigenvalue weighted by Crippen LogP contribution is -2.52. The van der Waals surface area contributed by atoms with E-state index in [0.717, 1.165) is 66.9 Å². The summed E-state index contributed by atoms with van der Waals surface area (Å²) >= 11 is 0. The predicted octanol–water partition coefficient (Wildman–Crippen LogP) is 3.47.